The largest absolute Gasteiger partial charge is 0.377 e. The van der Waals surface area contributed by atoms with Gasteiger partial charge in [-0.1, -0.05) is 25.8 Å². The molecule has 0 amide bonds. The lowest BCUT2D eigenvalue weighted by Crippen LogP contribution is -2.14. The van der Waals surface area contributed by atoms with Crippen molar-refractivity contribution >= 4 is 0 Å². The van der Waals surface area contributed by atoms with Crippen LogP contribution in [0.2, 0.25) is 0 Å². The molecule has 1 heteroatoms. The standard InChI is InChI=1S/C10H19N/c1-3-5-10-6-8-11(9-10)7-4-2/h9H,3-8H2,1-2H3. The van der Waals surface area contributed by atoms with Crippen molar-refractivity contribution in [1.29, 1.82) is 0 Å². The predicted octanol–water partition coefficient (Wildman–Crippen LogP) is 2.79. The Hall–Kier alpha value is -0.460. The molecule has 0 aliphatic carbocycles. The van der Waals surface area contributed by atoms with Gasteiger partial charge in [0.15, 0.2) is 0 Å². The molecule has 0 saturated carbocycles. The van der Waals surface area contributed by atoms with E-state index in [-0.39, 0.29) is 0 Å². The number of nitrogens with zero attached hydrogens (tertiary/aromatic N) is 1. The molecule has 1 heterocycles. The van der Waals surface area contributed by atoms with E-state index >= 15 is 0 Å². The van der Waals surface area contributed by atoms with Gasteiger partial charge in [0.1, 0.15) is 0 Å². The molecular formula is C10H19N. The lowest BCUT2D eigenvalue weighted by atomic mass is 10.1. The van der Waals surface area contributed by atoms with Crippen LogP contribution in [-0.2, 0) is 0 Å². The van der Waals surface area contributed by atoms with E-state index in [1.165, 1.54) is 38.8 Å². The normalized spacial score (nSPS) is 17.3. The highest BCUT2D eigenvalue weighted by Crippen LogP contribution is 2.18. The summed E-state index contributed by atoms with van der Waals surface area (Å²) in [5.41, 5.74) is 1.65. The molecule has 0 bridgehead atoms. The Morgan fingerprint density at radius 3 is 2.82 bits per heavy atom. The van der Waals surface area contributed by atoms with Crippen LogP contribution < -0.4 is 0 Å². The smallest absolute Gasteiger partial charge is 0.0210 e. The summed E-state index contributed by atoms with van der Waals surface area (Å²) in [5, 5.41) is 0. The van der Waals surface area contributed by atoms with Crippen LogP contribution in [0, 0.1) is 0 Å². The van der Waals surface area contributed by atoms with Crippen LogP contribution in [0.1, 0.15) is 39.5 Å². The van der Waals surface area contributed by atoms with Crippen molar-refractivity contribution in [1.82, 2.24) is 4.90 Å². The van der Waals surface area contributed by atoms with E-state index in [4.69, 9.17) is 0 Å². The van der Waals surface area contributed by atoms with Crippen LogP contribution in [-0.4, -0.2) is 18.0 Å². The molecule has 0 aromatic heterocycles. The zero-order valence-corrected chi connectivity index (χ0v) is 7.77. The van der Waals surface area contributed by atoms with Gasteiger partial charge in [-0.15, -0.1) is 0 Å². The van der Waals surface area contributed by atoms with Crippen molar-refractivity contribution in [2.75, 3.05) is 13.1 Å². The molecule has 0 unspecified atom stereocenters. The van der Waals surface area contributed by atoms with Crippen molar-refractivity contribution < 1.29 is 0 Å². The van der Waals surface area contributed by atoms with Gasteiger partial charge < -0.3 is 4.90 Å². The molecule has 0 radical (unpaired) electrons. The van der Waals surface area contributed by atoms with E-state index in [0.717, 1.165) is 0 Å². The maximum atomic E-state index is 2.45. The molecular weight excluding hydrogens is 134 g/mol. The van der Waals surface area contributed by atoms with Gasteiger partial charge in [0.2, 0.25) is 0 Å². The second-order valence-corrected chi connectivity index (χ2v) is 3.32. The molecule has 0 spiro atoms. The van der Waals surface area contributed by atoms with Gasteiger partial charge in [-0.05, 0) is 25.5 Å². The van der Waals surface area contributed by atoms with Crippen LogP contribution in [0.15, 0.2) is 11.8 Å². The monoisotopic (exact) mass is 153 g/mol. The van der Waals surface area contributed by atoms with Crippen LogP contribution in [0.4, 0.5) is 0 Å². The first-order valence-electron chi connectivity index (χ1n) is 4.80. The highest BCUT2D eigenvalue weighted by atomic mass is 15.1. The van der Waals surface area contributed by atoms with Crippen LogP contribution in [0.3, 0.4) is 0 Å². The summed E-state index contributed by atoms with van der Waals surface area (Å²) in [6.07, 6.45) is 7.56. The van der Waals surface area contributed by atoms with Gasteiger partial charge >= 0.3 is 0 Å². The van der Waals surface area contributed by atoms with Gasteiger partial charge in [-0.25, -0.2) is 0 Å². The van der Waals surface area contributed by atoms with Crippen molar-refractivity contribution in [2.24, 2.45) is 0 Å². The molecule has 0 aromatic carbocycles. The zero-order chi connectivity index (χ0) is 8.10. The van der Waals surface area contributed by atoms with E-state index in [9.17, 15) is 0 Å². The van der Waals surface area contributed by atoms with E-state index in [1.54, 1.807) is 5.57 Å². The van der Waals surface area contributed by atoms with Crippen molar-refractivity contribution in [3.63, 3.8) is 0 Å². The van der Waals surface area contributed by atoms with Gasteiger partial charge in [-0.2, -0.15) is 0 Å². The van der Waals surface area contributed by atoms with E-state index in [0.29, 0.717) is 0 Å². The van der Waals surface area contributed by atoms with Crippen molar-refractivity contribution in [2.45, 2.75) is 39.5 Å². The van der Waals surface area contributed by atoms with Crippen molar-refractivity contribution in [3.05, 3.63) is 11.8 Å². The average Bonchev–Trinajstić information content (AvgIpc) is 2.38. The third kappa shape index (κ3) is 2.57. The molecule has 0 aromatic rings. The zero-order valence-electron chi connectivity index (χ0n) is 7.77. The third-order valence-corrected chi connectivity index (χ3v) is 2.17. The minimum Gasteiger partial charge on any atom is -0.377 e. The number of hydrogen-bond donors (Lipinski definition) is 0. The Morgan fingerprint density at radius 1 is 1.36 bits per heavy atom. The van der Waals surface area contributed by atoms with Gasteiger partial charge in [-0.3, -0.25) is 0 Å². The highest BCUT2D eigenvalue weighted by molar-refractivity contribution is 5.07. The van der Waals surface area contributed by atoms with E-state index in [1.807, 2.05) is 0 Å². The Kier molecular flexibility index (Phi) is 3.47. The molecule has 0 saturated heterocycles. The fourth-order valence-electron chi connectivity index (χ4n) is 1.65. The fourth-order valence-corrected chi connectivity index (χ4v) is 1.65. The lowest BCUT2D eigenvalue weighted by Gasteiger charge is -2.12. The second kappa shape index (κ2) is 4.42. The third-order valence-electron chi connectivity index (χ3n) is 2.17. The Balaban J connectivity index is 2.28. The molecule has 0 atom stereocenters. The topological polar surface area (TPSA) is 3.24 Å². The van der Waals surface area contributed by atoms with Crippen LogP contribution in [0.25, 0.3) is 0 Å². The SMILES string of the molecule is CCCC1=CN(CCC)CC1. The maximum Gasteiger partial charge on any atom is 0.0210 e. The molecule has 0 N–H and O–H groups in total. The summed E-state index contributed by atoms with van der Waals surface area (Å²) < 4.78 is 0. The molecule has 64 valence electrons. The first-order chi connectivity index (χ1) is 5.36. The van der Waals surface area contributed by atoms with Gasteiger partial charge in [0.05, 0.1) is 0 Å². The summed E-state index contributed by atoms with van der Waals surface area (Å²) in [7, 11) is 0. The van der Waals surface area contributed by atoms with E-state index in [2.05, 4.69) is 24.9 Å². The summed E-state index contributed by atoms with van der Waals surface area (Å²) in [4.78, 5) is 2.45. The Bertz CT molecular complexity index is 138. The maximum absolute atomic E-state index is 2.45. The van der Waals surface area contributed by atoms with Crippen LogP contribution in [0.5, 0.6) is 0 Å². The Labute approximate surface area is 70.1 Å². The first kappa shape index (κ1) is 8.63. The summed E-state index contributed by atoms with van der Waals surface area (Å²) in [6.45, 7) is 7.01. The highest BCUT2D eigenvalue weighted by Gasteiger charge is 2.09. The summed E-state index contributed by atoms with van der Waals surface area (Å²) >= 11 is 0. The van der Waals surface area contributed by atoms with Crippen molar-refractivity contribution in [3.8, 4) is 0 Å². The number of rotatable bonds is 4. The molecule has 0 fully saturated rings. The first-order valence-corrected chi connectivity index (χ1v) is 4.80. The molecule has 1 nitrogen and oxygen atoms in total. The number of hydrogen-bond acceptors (Lipinski definition) is 1. The minimum atomic E-state index is 1.24. The second-order valence-electron chi connectivity index (χ2n) is 3.32. The Morgan fingerprint density at radius 2 is 2.18 bits per heavy atom. The quantitative estimate of drug-likeness (QED) is 0.600. The predicted molar refractivity (Wildman–Crippen MR) is 49.5 cm³/mol. The summed E-state index contributed by atoms with van der Waals surface area (Å²) in [6, 6.07) is 0. The average molecular weight is 153 g/mol. The molecule has 1 rings (SSSR count). The lowest BCUT2D eigenvalue weighted by molar-refractivity contribution is 0.406. The van der Waals surface area contributed by atoms with Gasteiger partial charge in [0.25, 0.3) is 0 Å². The van der Waals surface area contributed by atoms with Crippen LogP contribution >= 0.6 is 0 Å². The van der Waals surface area contributed by atoms with E-state index < -0.39 is 0 Å². The summed E-state index contributed by atoms with van der Waals surface area (Å²) in [5.74, 6) is 0. The minimum absolute atomic E-state index is 1.24. The molecule has 1 aliphatic rings. The molecule has 1 aliphatic heterocycles. The molecule has 11 heavy (non-hydrogen) atoms. The van der Waals surface area contributed by atoms with Gasteiger partial charge in [0, 0.05) is 13.1 Å². The fraction of sp³-hybridized carbons (Fsp3) is 0.800.